The van der Waals surface area contributed by atoms with Crippen LogP contribution in [0.3, 0.4) is 0 Å². The van der Waals surface area contributed by atoms with Crippen molar-refractivity contribution in [3.63, 3.8) is 0 Å². The molecule has 2 amide bonds. The van der Waals surface area contributed by atoms with Gasteiger partial charge in [-0.2, -0.15) is 9.97 Å². The van der Waals surface area contributed by atoms with E-state index in [4.69, 9.17) is 26.5 Å². The molecule has 7 fully saturated rings. The van der Waals surface area contributed by atoms with E-state index in [1.54, 1.807) is 6.20 Å². The molecule has 2 aromatic heterocycles. The number of aromatic nitrogens is 3. The number of carbonyl (C=O) groups excluding carboxylic acids is 2. The molecule has 0 radical (unpaired) electrons. The number of nitrogens with one attached hydrogen (secondary N) is 4. The predicted molar refractivity (Wildman–Crippen MR) is 277 cm³/mol. The minimum absolute atomic E-state index is 0.00878. The van der Waals surface area contributed by atoms with Gasteiger partial charge in [0, 0.05) is 98.6 Å². The molecule has 5 aromatic rings. The molecule has 12 rings (SSSR count). The van der Waals surface area contributed by atoms with Crippen LogP contribution in [-0.2, 0) is 9.59 Å². The maximum Gasteiger partial charge on any atom is 0.319 e. The van der Waals surface area contributed by atoms with Gasteiger partial charge in [0.2, 0.25) is 11.8 Å². The Balaban J connectivity index is 0.664. The van der Waals surface area contributed by atoms with Crippen LogP contribution in [0.2, 0.25) is 0 Å². The summed E-state index contributed by atoms with van der Waals surface area (Å²) < 4.78 is 38.7. The van der Waals surface area contributed by atoms with Crippen molar-refractivity contribution in [1.29, 1.82) is 5.41 Å². The molecular weight excluding hydrogens is 927 g/mol. The summed E-state index contributed by atoms with van der Waals surface area (Å²) in [5, 5.41) is 30.1. The van der Waals surface area contributed by atoms with Crippen molar-refractivity contribution in [2.75, 3.05) is 76.2 Å². The molecule has 7 aliphatic rings. The number of hydrogen-bond donors (Lipinski definition) is 5. The first kappa shape index (κ1) is 47.7. The third-order valence-electron chi connectivity index (χ3n) is 17.7. The summed E-state index contributed by atoms with van der Waals surface area (Å²) in [5.74, 6) is 1.45. The first-order valence-electron chi connectivity index (χ1n) is 26.5. The molecule has 3 unspecified atom stereocenters. The number of imide groups is 1. The zero-order chi connectivity index (χ0) is 50.2. The number of phenolic OH excluding ortho intramolecular Hbond substituents is 1. The van der Waals surface area contributed by atoms with Crippen molar-refractivity contribution in [1.82, 2.24) is 35.4 Å². The third-order valence-corrected chi connectivity index (χ3v) is 17.7. The fourth-order valence-corrected chi connectivity index (χ4v) is 13.5. The van der Waals surface area contributed by atoms with Gasteiger partial charge in [-0.3, -0.25) is 19.9 Å². The largest absolute Gasteiger partial charge is 0.508 e. The molecule has 3 atom stereocenters. The average molecular weight is 991 g/mol. The number of halogens is 2. The lowest BCUT2D eigenvalue weighted by Gasteiger charge is -2.55. The van der Waals surface area contributed by atoms with Crippen molar-refractivity contribution < 1.29 is 28.2 Å². The number of piperazine rings is 1. The van der Waals surface area contributed by atoms with E-state index in [0.29, 0.717) is 71.5 Å². The number of pyridine rings is 1. The molecule has 5 N–H and O–H groups in total. The molecule has 5 aliphatic heterocycles. The number of phenols is 1. The summed E-state index contributed by atoms with van der Waals surface area (Å²) >= 11 is 0. The Morgan fingerprint density at radius 2 is 1.73 bits per heavy atom. The Bertz CT molecular complexity index is 3070. The highest BCUT2D eigenvalue weighted by Crippen LogP contribution is 2.52. The SMILES string of the molecule is C#Cc1c(F)ccc2cc(O)cc(-c3ncc4c(N5CC6CCC(C5)N6)nc(OCC5(CN6CC7(CCC(CN8CCC(c9ccc(C(=N)C%10CCC(=O)NC%10=O)c(NC)c9)CC8)CC7)C6)CC5)nc4c3F)c12. The van der Waals surface area contributed by atoms with Crippen LogP contribution in [0.1, 0.15) is 99.7 Å². The van der Waals surface area contributed by atoms with Gasteiger partial charge in [0.1, 0.15) is 28.6 Å². The molecule has 14 nitrogen and oxygen atoms in total. The number of rotatable bonds is 13. The monoisotopic (exact) mass is 991 g/mol. The number of anilines is 2. The van der Waals surface area contributed by atoms with Gasteiger partial charge in [-0.25, -0.2) is 8.78 Å². The van der Waals surface area contributed by atoms with E-state index in [0.717, 1.165) is 95.0 Å². The van der Waals surface area contributed by atoms with Gasteiger partial charge in [-0.1, -0.05) is 24.1 Å². The van der Waals surface area contributed by atoms with Gasteiger partial charge in [-0.05, 0) is 136 Å². The topological polar surface area (TPSA) is 172 Å². The highest BCUT2D eigenvalue weighted by molar-refractivity contribution is 6.17. The molecule has 7 heterocycles. The average Bonchev–Trinajstić information content (AvgIpc) is 4.07. The van der Waals surface area contributed by atoms with Crippen LogP contribution in [0.4, 0.5) is 20.3 Å². The lowest BCUT2D eigenvalue weighted by Crippen LogP contribution is -2.59. The van der Waals surface area contributed by atoms with Crippen molar-refractivity contribution in [3.05, 3.63) is 77.0 Å². The van der Waals surface area contributed by atoms with Gasteiger partial charge >= 0.3 is 6.01 Å². The summed E-state index contributed by atoms with van der Waals surface area (Å²) in [7, 11) is 1.86. The number of terminal acetylenes is 1. The first-order chi connectivity index (χ1) is 35.4. The highest BCUT2D eigenvalue weighted by atomic mass is 19.1. The van der Waals surface area contributed by atoms with E-state index in [1.165, 1.54) is 55.5 Å². The van der Waals surface area contributed by atoms with Crippen LogP contribution in [0.5, 0.6) is 11.8 Å². The van der Waals surface area contributed by atoms with Crippen molar-refractivity contribution in [2.24, 2.45) is 22.7 Å². The molecule has 1 spiro atoms. The van der Waals surface area contributed by atoms with Crippen LogP contribution in [0.15, 0.2) is 48.7 Å². The number of benzene rings is 3. The van der Waals surface area contributed by atoms with Gasteiger partial charge < -0.3 is 40.6 Å². The standard InChI is InChI=1S/C57H64F2N10O4/c1-3-40-45(58)10-5-36-22-39(70)24-43(48(36)40)51-49(59)52-44(25-62-51)53(69-27-37-6-7-38(28-69)63-37)66-55(65-52)73-32-57(18-19-57)31-68-29-56(30-68)16-12-33(13-17-56)26-67-20-14-34(15-21-67)35-4-8-41(46(23-35)61-2)50(60)42-9-11-47(71)64-54(42)72/h1,4-5,8,10,22-25,33-34,37-38,42,60-61,63,70H,6-7,9,11-21,26-32H2,2H3,(H,64,71,72). The van der Waals surface area contributed by atoms with Crippen LogP contribution in [0, 0.1) is 52.1 Å². The number of aromatic hydroxyl groups is 1. The van der Waals surface area contributed by atoms with E-state index in [1.807, 2.05) is 13.1 Å². The van der Waals surface area contributed by atoms with Crippen LogP contribution in [-0.4, -0.2) is 125 Å². The molecule has 5 saturated heterocycles. The van der Waals surface area contributed by atoms with Crippen LogP contribution >= 0.6 is 0 Å². The zero-order valence-corrected chi connectivity index (χ0v) is 41.5. The second kappa shape index (κ2) is 18.9. The minimum atomic E-state index is -0.717. The number of nitrogens with zero attached hydrogens (tertiary/aromatic N) is 6. The normalized spacial score (nSPS) is 24.1. The van der Waals surface area contributed by atoms with Crippen LogP contribution < -0.4 is 25.6 Å². The first-order valence-corrected chi connectivity index (χ1v) is 26.5. The molecule has 2 saturated carbocycles. The van der Waals surface area contributed by atoms with E-state index in [2.05, 4.69) is 53.7 Å². The Hall–Kier alpha value is -6.28. The summed E-state index contributed by atoms with van der Waals surface area (Å²) in [4.78, 5) is 46.0. The molecule has 16 heteroatoms. The van der Waals surface area contributed by atoms with E-state index in [9.17, 15) is 14.7 Å². The van der Waals surface area contributed by atoms with Crippen LogP contribution in [0.25, 0.3) is 32.9 Å². The Labute approximate surface area is 424 Å². The second-order valence-electron chi connectivity index (χ2n) is 22.6. The predicted octanol–water partition coefficient (Wildman–Crippen LogP) is 7.74. The lowest BCUT2D eigenvalue weighted by atomic mass is 9.65. The van der Waals surface area contributed by atoms with Crippen molar-refractivity contribution >= 4 is 50.7 Å². The molecule has 2 bridgehead atoms. The van der Waals surface area contributed by atoms with Gasteiger partial charge in [0.05, 0.1) is 29.2 Å². The fourth-order valence-electron chi connectivity index (χ4n) is 13.5. The third kappa shape index (κ3) is 9.16. The number of hydrogen-bond acceptors (Lipinski definition) is 13. The number of likely N-dealkylation sites (tertiary alicyclic amines) is 2. The summed E-state index contributed by atoms with van der Waals surface area (Å²) in [5.41, 5.74) is 3.61. The zero-order valence-electron chi connectivity index (χ0n) is 41.5. The summed E-state index contributed by atoms with van der Waals surface area (Å²) in [6.07, 6.45) is 19.5. The highest BCUT2D eigenvalue weighted by Gasteiger charge is 2.51. The molecule has 2 aliphatic carbocycles. The van der Waals surface area contributed by atoms with E-state index >= 15 is 8.78 Å². The molecule has 380 valence electrons. The fraction of sp³-hybridized carbons (Fsp3) is 0.509. The van der Waals surface area contributed by atoms with Gasteiger partial charge in [0.25, 0.3) is 0 Å². The Morgan fingerprint density at radius 1 is 0.959 bits per heavy atom. The van der Waals surface area contributed by atoms with Gasteiger partial charge in [0.15, 0.2) is 5.82 Å². The van der Waals surface area contributed by atoms with Crippen molar-refractivity contribution in [3.8, 4) is 35.4 Å². The molecular formula is C57H64F2N10O4. The maximum absolute atomic E-state index is 17.2. The molecule has 73 heavy (non-hydrogen) atoms. The Morgan fingerprint density at radius 3 is 2.44 bits per heavy atom. The van der Waals surface area contributed by atoms with E-state index < -0.39 is 17.6 Å². The number of ether oxygens (including phenoxy) is 1. The van der Waals surface area contributed by atoms with Gasteiger partial charge in [-0.15, -0.1) is 6.42 Å². The number of piperidine rings is 2. The Kier molecular flexibility index (Phi) is 12.3. The van der Waals surface area contributed by atoms with E-state index in [-0.39, 0.29) is 63.5 Å². The smallest absolute Gasteiger partial charge is 0.319 e. The van der Waals surface area contributed by atoms with Crippen molar-refractivity contribution in [2.45, 2.75) is 95.1 Å². The number of carbonyl (C=O) groups is 2. The maximum atomic E-state index is 17.2. The lowest BCUT2D eigenvalue weighted by molar-refractivity contribution is -0.134. The summed E-state index contributed by atoms with van der Waals surface area (Å²) in [6.45, 7) is 8.37. The quantitative estimate of drug-likeness (QED) is 0.0442. The number of amides is 2. The second-order valence-corrected chi connectivity index (χ2v) is 22.6. The molecule has 3 aromatic carbocycles. The minimum Gasteiger partial charge on any atom is -0.508 e. The summed E-state index contributed by atoms with van der Waals surface area (Å²) in [6, 6.07) is 12.6. The number of fused-ring (bicyclic) bond motifs is 4.